The molecule has 1 heterocycles. The van der Waals surface area contributed by atoms with Crippen molar-refractivity contribution in [3.63, 3.8) is 0 Å². The Balaban J connectivity index is 1.64. The van der Waals surface area contributed by atoms with Gasteiger partial charge in [0.05, 0.1) is 5.52 Å². The SMILES string of the molecule is NC(=O)CCc1cn(-c2ccc(Oc3ccccc3)cc2)c2ccccc12. The topological polar surface area (TPSA) is 57.2 Å². The number of benzene rings is 3. The summed E-state index contributed by atoms with van der Waals surface area (Å²) >= 11 is 0. The molecule has 0 aliphatic carbocycles. The smallest absolute Gasteiger partial charge is 0.217 e. The second-order valence-corrected chi connectivity index (χ2v) is 6.42. The van der Waals surface area contributed by atoms with Crippen molar-refractivity contribution in [2.24, 2.45) is 5.73 Å². The number of nitrogens with two attached hydrogens (primary N) is 1. The molecule has 1 amide bonds. The summed E-state index contributed by atoms with van der Waals surface area (Å²) in [6, 6.07) is 25.9. The number of carbonyl (C=O) groups excluding carboxylic acids is 1. The molecule has 3 aromatic carbocycles. The first-order valence-corrected chi connectivity index (χ1v) is 8.91. The Morgan fingerprint density at radius 1 is 0.852 bits per heavy atom. The normalized spacial score (nSPS) is 10.8. The van der Waals surface area contributed by atoms with Gasteiger partial charge >= 0.3 is 0 Å². The molecule has 4 heteroatoms. The van der Waals surface area contributed by atoms with Crippen LogP contribution in [0.4, 0.5) is 0 Å². The standard InChI is InChI=1S/C23H20N2O2/c24-23(26)15-10-17-16-25(22-9-5-4-8-21(17)22)18-11-13-20(14-12-18)27-19-6-2-1-3-7-19/h1-9,11-14,16H,10,15H2,(H2,24,26). The molecule has 0 fully saturated rings. The van der Waals surface area contributed by atoms with Crippen molar-refractivity contribution in [2.75, 3.05) is 0 Å². The fraction of sp³-hybridized carbons (Fsp3) is 0.0870. The number of hydrogen-bond acceptors (Lipinski definition) is 2. The molecule has 4 rings (SSSR count). The number of aryl methyl sites for hydroxylation is 1. The minimum Gasteiger partial charge on any atom is -0.457 e. The van der Waals surface area contributed by atoms with Gasteiger partial charge in [-0.1, -0.05) is 36.4 Å². The number of amides is 1. The van der Waals surface area contributed by atoms with E-state index in [1.54, 1.807) is 0 Å². The van der Waals surface area contributed by atoms with Crippen LogP contribution in [0.15, 0.2) is 85.1 Å². The number of aromatic nitrogens is 1. The van der Waals surface area contributed by atoms with Crippen molar-refractivity contribution >= 4 is 16.8 Å². The van der Waals surface area contributed by atoms with Gasteiger partial charge in [0.15, 0.2) is 0 Å². The Bertz CT molecular complexity index is 1070. The van der Waals surface area contributed by atoms with Gasteiger partial charge in [-0.25, -0.2) is 0 Å². The number of nitrogens with zero attached hydrogens (tertiary/aromatic N) is 1. The molecule has 0 aliphatic heterocycles. The zero-order valence-corrected chi connectivity index (χ0v) is 14.8. The Labute approximate surface area is 157 Å². The third kappa shape index (κ3) is 3.70. The first-order chi connectivity index (χ1) is 13.2. The third-order valence-electron chi connectivity index (χ3n) is 4.53. The van der Waals surface area contributed by atoms with Gasteiger partial charge in [0.1, 0.15) is 11.5 Å². The van der Waals surface area contributed by atoms with Gasteiger partial charge in [-0.2, -0.15) is 0 Å². The molecular formula is C23H20N2O2. The summed E-state index contributed by atoms with van der Waals surface area (Å²) in [5.74, 6) is 1.31. The van der Waals surface area contributed by atoms with Crippen LogP contribution in [0.25, 0.3) is 16.6 Å². The van der Waals surface area contributed by atoms with Crippen LogP contribution in [0.3, 0.4) is 0 Å². The number of ether oxygens (including phenoxy) is 1. The Kier molecular flexibility index (Phi) is 4.62. The van der Waals surface area contributed by atoms with Gasteiger partial charge in [-0.05, 0) is 54.4 Å². The number of fused-ring (bicyclic) bond motifs is 1. The summed E-state index contributed by atoms with van der Waals surface area (Å²) in [6.07, 6.45) is 3.07. The zero-order valence-electron chi connectivity index (χ0n) is 14.8. The van der Waals surface area contributed by atoms with E-state index in [9.17, 15) is 4.79 Å². The van der Waals surface area contributed by atoms with Crippen LogP contribution < -0.4 is 10.5 Å². The maximum absolute atomic E-state index is 11.2. The van der Waals surface area contributed by atoms with E-state index in [2.05, 4.69) is 22.9 Å². The fourth-order valence-corrected chi connectivity index (χ4v) is 3.22. The van der Waals surface area contributed by atoms with Crippen LogP contribution in [-0.4, -0.2) is 10.5 Å². The van der Waals surface area contributed by atoms with Gasteiger partial charge in [-0.3, -0.25) is 4.79 Å². The molecule has 0 unspecified atom stereocenters. The van der Waals surface area contributed by atoms with Crippen molar-refractivity contribution < 1.29 is 9.53 Å². The summed E-state index contributed by atoms with van der Waals surface area (Å²) in [5.41, 5.74) is 8.59. The molecule has 1 aromatic heterocycles. The highest BCUT2D eigenvalue weighted by Crippen LogP contribution is 2.28. The highest BCUT2D eigenvalue weighted by Gasteiger charge is 2.10. The number of primary amides is 1. The first kappa shape index (κ1) is 16.9. The molecule has 0 aliphatic rings. The average Bonchev–Trinajstić information content (AvgIpc) is 3.07. The summed E-state index contributed by atoms with van der Waals surface area (Å²) in [5, 5.41) is 1.14. The lowest BCUT2D eigenvalue weighted by Crippen LogP contribution is -2.11. The Morgan fingerprint density at radius 3 is 2.26 bits per heavy atom. The van der Waals surface area contributed by atoms with Crippen LogP contribution in [-0.2, 0) is 11.2 Å². The molecule has 0 atom stereocenters. The highest BCUT2D eigenvalue weighted by molar-refractivity contribution is 5.86. The lowest BCUT2D eigenvalue weighted by atomic mass is 10.1. The minimum atomic E-state index is -0.283. The van der Waals surface area contributed by atoms with E-state index in [1.165, 1.54) is 0 Å². The van der Waals surface area contributed by atoms with E-state index in [0.717, 1.165) is 33.7 Å². The molecule has 2 N–H and O–H groups in total. The largest absolute Gasteiger partial charge is 0.457 e. The number of rotatable bonds is 6. The molecule has 0 bridgehead atoms. The average molecular weight is 356 g/mol. The molecule has 4 aromatic rings. The Morgan fingerprint density at radius 2 is 1.52 bits per heavy atom. The molecule has 134 valence electrons. The van der Waals surface area contributed by atoms with Crippen LogP contribution in [0.5, 0.6) is 11.5 Å². The second-order valence-electron chi connectivity index (χ2n) is 6.42. The van der Waals surface area contributed by atoms with E-state index in [-0.39, 0.29) is 5.91 Å². The first-order valence-electron chi connectivity index (χ1n) is 8.91. The van der Waals surface area contributed by atoms with E-state index in [1.807, 2.05) is 66.7 Å². The maximum atomic E-state index is 11.2. The van der Waals surface area contributed by atoms with Crippen molar-refractivity contribution in [2.45, 2.75) is 12.8 Å². The fourth-order valence-electron chi connectivity index (χ4n) is 3.22. The number of para-hydroxylation sites is 2. The van der Waals surface area contributed by atoms with Crippen LogP contribution in [0, 0.1) is 0 Å². The molecule has 27 heavy (non-hydrogen) atoms. The summed E-state index contributed by atoms with van der Waals surface area (Å²) in [7, 11) is 0. The van der Waals surface area contributed by atoms with Gasteiger partial charge in [0.2, 0.25) is 5.91 Å². The molecule has 0 spiro atoms. The summed E-state index contributed by atoms with van der Waals surface area (Å²) in [4.78, 5) is 11.2. The predicted octanol–water partition coefficient (Wildman–Crippen LogP) is 4.84. The monoisotopic (exact) mass is 356 g/mol. The lowest BCUT2D eigenvalue weighted by molar-refractivity contribution is -0.117. The van der Waals surface area contributed by atoms with Crippen LogP contribution in [0.2, 0.25) is 0 Å². The molecule has 4 nitrogen and oxygen atoms in total. The van der Waals surface area contributed by atoms with Crippen molar-refractivity contribution in [1.82, 2.24) is 4.57 Å². The van der Waals surface area contributed by atoms with Gasteiger partial charge in [0, 0.05) is 23.7 Å². The molecule has 0 saturated carbocycles. The highest BCUT2D eigenvalue weighted by atomic mass is 16.5. The predicted molar refractivity (Wildman–Crippen MR) is 107 cm³/mol. The third-order valence-corrected chi connectivity index (χ3v) is 4.53. The molecule has 0 saturated heterocycles. The van der Waals surface area contributed by atoms with Gasteiger partial charge < -0.3 is 15.0 Å². The summed E-state index contributed by atoms with van der Waals surface area (Å²) in [6.45, 7) is 0. The quantitative estimate of drug-likeness (QED) is 0.537. The van der Waals surface area contributed by atoms with Crippen LogP contribution in [0.1, 0.15) is 12.0 Å². The summed E-state index contributed by atoms with van der Waals surface area (Å²) < 4.78 is 8.00. The minimum absolute atomic E-state index is 0.283. The molecular weight excluding hydrogens is 336 g/mol. The van der Waals surface area contributed by atoms with E-state index >= 15 is 0 Å². The van der Waals surface area contributed by atoms with Gasteiger partial charge in [-0.15, -0.1) is 0 Å². The molecule has 0 radical (unpaired) electrons. The van der Waals surface area contributed by atoms with Crippen molar-refractivity contribution in [3.8, 4) is 17.2 Å². The van der Waals surface area contributed by atoms with Gasteiger partial charge in [0.25, 0.3) is 0 Å². The maximum Gasteiger partial charge on any atom is 0.217 e. The Hall–Kier alpha value is -3.53. The lowest BCUT2D eigenvalue weighted by Gasteiger charge is -2.08. The van der Waals surface area contributed by atoms with E-state index in [0.29, 0.717) is 12.8 Å². The number of hydrogen-bond donors (Lipinski definition) is 1. The second kappa shape index (κ2) is 7.38. The zero-order chi connectivity index (χ0) is 18.6. The van der Waals surface area contributed by atoms with Crippen LogP contribution >= 0.6 is 0 Å². The van der Waals surface area contributed by atoms with Crippen molar-refractivity contribution in [1.29, 1.82) is 0 Å². The number of carbonyl (C=O) groups is 1. The van der Waals surface area contributed by atoms with E-state index < -0.39 is 0 Å². The van der Waals surface area contributed by atoms with Crippen molar-refractivity contribution in [3.05, 3.63) is 90.6 Å². The van der Waals surface area contributed by atoms with E-state index in [4.69, 9.17) is 10.5 Å².